The molecule has 0 bridgehead atoms. The maximum Gasteiger partial charge on any atom is 0.259 e. The number of anilines is 2. The van der Waals surface area contributed by atoms with E-state index in [-0.39, 0.29) is 5.91 Å². The summed E-state index contributed by atoms with van der Waals surface area (Å²) in [5.74, 6) is -0.234. The summed E-state index contributed by atoms with van der Waals surface area (Å²) in [5.41, 5.74) is 2.91. The van der Waals surface area contributed by atoms with Crippen molar-refractivity contribution in [2.24, 2.45) is 0 Å². The summed E-state index contributed by atoms with van der Waals surface area (Å²) in [5, 5.41) is 7.62. The lowest BCUT2D eigenvalue weighted by molar-refractivity contribution is 0.102. The lowest BCUT2D eigenvalue weighted by atomic mass is 10.2. The Hall–Kier alpha value is -2.57. The van der Waals surface area contributed by atoms with Crippen molar-refractivity contribution in [3.8, 4) is 0 Å². The molecule has 4 rings (SSSR count). The zero-order chi connectivity index (χ0) is 17.2. The highest BCUT2D eigenvalue weighted by molar-refractivity contribution is 6.34. The van der Waals surface area contributed by atoms with Gasteiger partial charge in [0.2, 0.25) is 0 Å². The number of amides is 1. The fraction of sp³-hybridized carbons (Fsp3) is 0.222. The van der Waals surface area contributed by atoms with Gasteiger partial charge in [0.25, 0.3) is 5.91 Å². The fourth-order valence-electron chi connectivity index (χ4n) is 2.91. The van der Waals surface area contributed by atoms with Crippen LogP contribution < -0.4 is 10.2 Å². The first-order valence-electron chi connectivity index (χ1n) is 8.08. The molecule has 0 spiro atoms. The number of carbonyl (C=O) groups is 1. The zero-order valence-electron chi connectivity index (χ0n) is 13.5. The zero-order valence-corrected chi connectivity index (χ0v) is 14.2. The maximum atomic E-state index is 12.7. The minimum Gasteiger partial charge on any atom is -0.378 e. The van der Waals surface area contributed by atoms with Crippen LogP contribution in [0, 0.1) is 0 Å². The second-order valence-electron chi connectivity index (χ2n) is 5.81. The summed E-state index contributed by atoms with van der Waals surface area (Å²) in [6.45, 7) is 3.10. The molecule has 3 heterocycles. The van der Waals surface area contributed by atoms with E-state index in [0.29, 0.717) is 29.5 Å². The van der Waals surface area contributed by atoms with E-state index < -0.39 is 0 Å². The van der Waals surface area contributed by atoms with E-state index in [4.69, 9.17) is 16.3 Å². The highest BCUT2D eigenvalue weighted by Crippen LogP contribution is 2.24. The Bertz CT molecular complexity index is 918. The highest BCUT2D eigenvalue weighted by Gasteiger charge is 2.17. The van der Waals surface area contributed by atoms with Gasteiger partial charge in [0.15, 0.2) is 0 Å². The summed E-state index contributed by atoms with van der Waals surface area (Å²) in [4.78, 5) is 14.9. The molecule has 1 amide bonds. The van der Waals surface area contributed by atoms with Crippen LogP contribution in [0.15, 0.2) is 48.8 Å². The lowest BCUT2D eigenvalue weighted by Gasteiger charge is -2.28. The van der Waals surface area contributed by atoms with Crippen molar-refractivity contribution in [3.05, 3.63) is 59.4 Å². The van der Waals surface area contributed by atoms with Crippen LogP contribution >= 0.6 is 11.6 Å². The molecule has 0 unspecified atom stereocenters. The number of morpholine rings is 1. The summed E-state index contributed by atoms with van der Waals surface area (Å²) >= 11 is 6.12. The number of para-hydroxylation sites is 1. The Morgan fingerprint density at radius 3 is 2.80 bits per heavy atom. The highest BCUT2D eigenvalue weighted by atomic mass is 35.5. The van der Waals surface area contributed by atoms with Gasteiger partial charge in [-0.15, -0.1) is 0 Å². The quantitative estimate of drug-likeness (QED) is 0.783. The smallest absolute Gasteiger partial charge is 0.259 e. The van der Waals surface area contributed by atoms with Crippen molar-refractivity contribution >= 4 is 34.4 Å². The van der Waals surface area contributed by atoms with Crippen LogP contribution in [-0.4, -0.2) is 41.8 Å². The molecule has 25 heavy (non-hydrogen) atoms. The van der Waals surface area contributed by atoms with Gasteiger partial charge in [-0.1, -0.05) is 23.7 Å². The molecule has 1 aromatic carbocycles. The average Bonchev–Trinajstić information content (AvgIpc) is 3.07. The summed E-state index contributed by atoms with van der Waals surface area (Å²) in [6, 6.07) is 11.1. The number of benzene rings is 1. The minimum absolute atomic E-state index is 0.234. The third-order valence-electron chi connectivity index (χ3n) is 4.25. The Balaban J connectivity index is 1.65. The van der Waals surface area contributed by atoms with Crippen molar-refractivity contribution in [2.45, 2.75) is 0 Å². The first-order valence-corrected chi connectivity index (χ1v) is 8.46. The van der Waals surface area contributed by atoms with Gasteiger partial charge in [-0.2, -0.15) is 5.10 Å². The van der Waals surface area contributed by atoms with Gasteiger partial charge in [0.1, 0.15) is 0 Å². The summed E-state index contributed by atoms with van der Waals surface area (Å²) in [6.07, 6.45) is 3.44. The number of halogens is 1. The number of nitrogens with zero attached hydrogens (tertiary/aromatic N) is 3. The molecule has 0 radical (unpaired) electrons. The average molecular weight is 357 g/mol. The molecule has 1 fully saturated rings. The number of aromatic nitrogens is 2. The molecule has 128 valence electrons. The van der Waals surface area contributed by atoms with Gasteiger partial charge in [-0.25, -0.2) is 4.52 Å². The van der Waals surface area contributed by atoms with Gasteiger partial charge in [-0.05, 0) is 24.3 Å². The molecule has 2 aromatic heterocycles. The van der Waals surface area contributed by atoms with E-state index in [0.717, 1.165) is 24.3 Å². The van der Waals surface area contributed by atoms with E-state index in [2.05, 4.69) is 15.3 Å². The standard InChI is InChI=1S/C18H17ClN4O2/c19-15-3-1-2-4-16(15)21-18(24)14-12-20-23-6-5-13(11-17(14)23)22-7-9-25-10-8-22/h1-6,11-12H,7-10H2,(H,21,24). The number of rotatable bonds is 3. The predicted octanol–water partition coefficient (Wildman–Crippen LogP) is 3.08. The summed E-state index contributed by atoms with van der Waals surface area (Å²) < 4.78 is 7.10. The number of carbonyl (C=O) groups excluding carboxylic acids is 1. The topological polar surface area (TPSA) is 58.9 Å². The van der Waals surface area contributed by atoms with Crippen molar-refractivity contribution in [3.63, 3.8) is 0 Å². The molecule has 0 saturated carbocycles. The molecule has 7 heteroatoms. The Labute approximate surface area is 150 Å². The van der Waals surface area contributed by atoms with E-state index in [1.54, 1.807) is 22.8 Å². The monoisotopic (exact) mass is 356 g/mol. The lowest BCUT2D eigenvalue weighted by Crippen LogP contribution is -2.36. The van der Waals surface area contributed by atoms with Gasteiger partial charge >= 0.3 is 0 Å². The largest absolute Gasteiger partial charge is 0.378 e. The normalized spacial score (nSPS) is 14.7. The molecule has 0 atom stereocenters. The van der Waals surface area contributed by atoms with Crippen molar-refractivity contribution < 1.29 is 9.53 Å². The number of pyridine rings is 1. The third-order valence-corrected chi connectivity index (χ3v) is 4.58. The molecule has 1 N–H and O–H groups in total. The Morgan fingerprint density at radius 1 is 1.20 bits per heavy atom. The molecule has 3 aromatic rings. The molecule has 0 aliphatic carbocycles. The SMILES string of the molecule is O=C(Nc1ccccc1Cl)c1cnn2ccc(N3CCOCC3)cc12. The van der Waals surface area contributed by atoms with Gasteiger partial charge in [0.05, 0.1) is 41.2 Å². The number of fused-ring (bicyclic) bond motifs is 1. The van der Waals surface area contributed by atoms with Gasteiger partial charge in [0, 0.05) is 25.0 Å². The van der Waals surface area contributed by atoms with Crippen molar-refractivity contribution in [1.82, 2.24) is 9.61 Å². The molecule has 1 aliphatic rings. The van der Waals surface area contributed by atoms with E-state index in [9.17, 15) is 4.79 Å². The second-order valence-corrected chi connectivity index (χ2v) is 6.21. The van der Waals surface area contributed by atoms with Crippen LogP contribution in [0.5, 0.6) is 0 Å². The van der Waals surface area contributed by atoms with Crippen LogP contribution in [0.3, 0.4) is 0 Å². The molecule has 6 nitrogen and oxygen atoms in total. The fourth-order valence-corrected chi connectivity index (χ4v) is 3.10. The number of hydrogen-bond acceptors (Lipinski definition) is 4. The van der Waals surface area contributed by atoms with Crippen LogP contribution in [0.4, 0.5) is 11.4 Å². The minimum atomic E-state index is -0.234. The van der Waals surface area contributed by atoms with E-state index in [1.807, 2.05) is 30.5 Å². The van der Waals surface area contributed by atoms with Crippen LogP contribution in [-0.2, 0) is 4.74 Å². The number of hydrogen-bond donors (Lipinski definition) is 1. The van der Waals surface area contributed by atoms with Crippen LogP contribution in [0.1, 0.15) is 10.4 Å². The second kappa shape index (κ2) is 6.74. The van der Waals surface area contributed by atoms with Gasteiger partial charge < -0.3 is 15.0 Å². The van der Waals surface area contributed by atoms with Crippen LogP contribution in [0.25, 0.3) is 5.52 Å². The third kappa shape index (κ3) is 3.18. The van der Waals surface area contributed by atoms with Crippen LogP contribution in [0.2, 0.25) is 5.02 Å². The summed E-state index contributed by atoms with van der Waals surface area (Å²) in [7, 11) is 0. The molecular formula is C18H17ClN4O2. The first-order chi connectivity index (χ1) is 12.2. The first kappa shape index (κ1) is 15.9. The Morgan fingerprint density at radius 2 is 2.00 bits per heavy atom. The van der Waals surface area contributed by atoms with Crippen molar-refractivity contribution in [2.75, 3.05) is 36.5 Å². The predicted molar refractivity (Wildman–Crippen MR) is 97.6 cm³/mol. The number of ether oxygens (including phenoxy) is 1. The molecule has 1 aliphatic heterocycles. The van der Waals surface area contributed by atoms with E-state index in [1.165, 1.54) is 0 Å². The Kier molecular flexibility index (Phi) is 4.29. The van der Waals surface area contributed by atoms with Gasteiger partial charge in [-0.3, -0.25) is 4.79 Å². The van der Waals surface area contributed by atoms with E-state index >= 15 is 0 Å². The van der Waals surface area contributed by atoms with Crippen molar-refractivity contribution in [1.29, 1.82) is 0 Å². The molecule has 1 saturated heterocycles. The maximum absolute atomic E-state index is 12.7. The number of nitrogens with one attached hydrogen (secondary N) is 1. The molecular weight excluding hydrogens is 340 g/mol.